The molecule has 0 aromatic heterocycles. The average Bonchev–Trinajstić information content (AvgIpc) is 3.08. The Balaban J connectivity index is 1.83. The van der Waals surface area contributed by atoms with Gasteiger partial charge in [0.1, 0.15) is 5.66 Å². The first kappa shape index (κ1) is 17.0. The van der Waals surface area contributed by atoms with Crippen LogP contribution in [-0.2, 0) is 10.5 Å². The third-order valence-corrected chi connectivity index (χ3v) is 5.66. The van der Waals surface area contributed by atoms with Crippen molar-refractivity contribution >= 4 is 17.5 Å². The maximum Gasteiger partial charge on any atom is 0.299 e. The summed E-state index contributed by atoms with van der Waals surface area (Å²) in [6.07, 6.45) is 0.441. The number of piperidine rings is 1. The van der Waals surface area contributed by atoms with Gasteiger partial charge in [-0.05, 0) is 23.3 Å². The minimum absolute atomic E-state index is 0.435. The van der Waals surface area contributed by atoms with Gasteiger partial charge in [0.25, 0.3) is 11.9 Å². The van der Waals surface area contributed by atoms with Crippen molar-refractivity contribution in [3.63, 3.8) is 0 Å². The molecule has 0 unspecified atom stereocenters. The average molecular weight is 372 g/mol. The third kappa shape index (κ3) is 2.57. The predicted molar refractivity (Wildman–Crippen MR) is 97.4 cm³/mol. The van der Waals surface area contributed by atoms with Crippen molar-refractivity contribution in [2.75, 3.05) is 13.1 Å². The van der Waals surface area contributed by atoms with E-state index in [1.807, 2.05) is 42.5 Å². The number of fused-ring (bicyclic) bond motifs is 1. The SMILES string of the molecule is O=C1[C@H]([N+](=O)[O-])[C@@H](c2ccccc2)C[C@]2(c3ccc(Cl)cc3)NCCN12. The van der Waals surface area contributed by atoms with Gasteiger partial charge in [0.2, 0.25) is 0 Å². The number of hydrogen-bond donors (Lipinski definition) is 1. The van der Waals surface area contributed by atoms with Crippen LogP contribution in [0.15, 0.2) is 54.6 Å². The molecule has 7 heteroatoms. The molecule has 0 radical (unpaired) electrons. The highest BCUT2D eigenvalue weighted by Crippen LogP contribution is 2.45. The zero-order valence-corrected chi connectivity index (χ0v) is 14.7. The first-order chi connectivity index (χ1) is 12.5. The van der Waals surface area contributed by atoms with E-state index in [-0.39, 0.29) is 0 Å². The summed E-state index contributed by atoms with van der Waals surface area (Å²) in [6, 6.07) is 15.3. The fourth-order valence-electron chi connectivity index (χ4n) is 4.24. The number of hydrogen-bond acceptors (Lipinski definition) is 4. The highest BCUT2D eigenvalue weighted by Gasteiger charge is 2.58. The van der Waals surface area contributed by atoms with E-state index < -0.39 is 28.5 Å². The number of benzene rings is 2. The van der Waals surface area contributed by atoms with Gasteiger partial charge in [0.05, 0.1) is 5.92 Å². The van der Waals surface area contributed by atoms with Crippen LogP contribution in [0.5, 0.6) is 0 Å². The molecule has 2 aromatic carbocycles. The van der Waals surface area contributed by atoms with Gasteiger partial charge in [-0.15, -0.1) is 0 Å². The summed E-state index contributed by atoms with van der Waals surface area (Å²) in [5.41, 5.74) is 0.967. The number of nitrogens with one attached hydrogen (secondary N) is 1. The summed E-state index contributed by atoms with van der Waals surface area (Å²) >= 11 is 6.02. The van der Waals surface area contributed by atoms with Crippen molar-refractivity contribution in [3.8, 4) is 0 Å². The smallest absolute Gasteiger partial charge is 0.299 e. The van der Waals surface area contributed by atoms with Gasteiger partial charge in [-0.1, -0.05) is 54.1 Å². The lowest BCUT2D eigenvalue weighted by Crippen LogP contribution is -2.62. The van der Waals surface area contributed by atoms with Crippen LogP contribution in [0, 0.1) is 10.1 Å². The fourth-order valence-corrected chi connectivity index (χ4v) is 4.37. The molecule has 0 aliphatic carbocycles. The number of carbonyl (C=O) groups is 1. The summed E-state index contributed by atoms with van der Waals surface area (Å²) in [5.74, 6) is -0.939. The van der Waals surface area contributed by atoms with Crippen LogP contribution >= 0.6 is 11.6 Å². The number of halogens is 1. The second kappa shape index (κ2) is 6.37. The summed E-state index contributed by atoms with van der Waals surface area (Å²) in [7, 11) is 0. The molecule has 134 valence electrons. The van der Waals surface area contributed by atoms with Crippen molar-refractivity contribution in [1.82, 2.24) is 10.2 Å². The van der Waals surface area contributed by atoms with Gasteiger partial charge in [0.15, 0.2) is 0 Å². The molecule has 4 rings (SSSR count). The molecule has 2 fully saturated rings. The largest absolute Gasteiger partial charge is 0.313 e. The lowest BCUT2D eigenvalue weighted by Gasteiger charge is -2.46. The van der Waals surface area contributed by atoms with Crippen molar-refractivity contribution in [2.24, 2.45) is 0 Å². The molecule has 1 amide bonds. The molecule has 26 heavy (non-hydrogen) atoms. The number of nitro groups is 1. The van der Waals surface area contributed by atoms with Crippen molar-refractivity contribution in [2.45, 2.75) is 24.0 Å². The van der Waals surface area contributed by atoms with Gasteiger partial charge in [-0.25, -0.2) is 0 Å². The molecule has 1 N–H and O–H groups in total. The van der Waals surface area contributed by atoms with Crippen molar-refractivity contribution in [3.05, 3.63) is 80.9 Å². The van der Waals surface area contributed by atoms with Crippen molar-refractivity contribution < 1.29 is 9.72 Å². The van der Waals surface area contributed by atoms with E-state index in [1.165, 1.54) is 0 Å². The second-order valence-corrected chi connectivity index (χ2v) is 7.17. The van der Waals surface area contributed by atoms with Gasteiger partial charge >= 0.3 is 0 Å². The minimum Gasteiger partial charge on any atom is -0.313 e. The Kier molecular flexibility index (Phi) is 4.17. The highest BCUT2D eigenvalue weighted by atomic mass is 35.5. The molecule has 0 spiro atoms. The Morgan fingerprint density at radius 3 is 2.50 bits per heavy atom. The van der Waals surface area contributed by atoms with Crippen LogP contribution in [0.1, 0.15) is 23.5 Å². The molecule has 2 aliphatic rings. The minimum atomic E-state index is -1.27. The zero-order chi connectivity index (χ0) is 18.3. The van der Waals surface area contributed by atoms with Gasteiger partial charge in [-0.2, -0.15) is 0 Å². The monoisotopic (exact) mass is 371 g/mol. The Labute approximate surface area is 155 Å². The summed E-state index contributed by atoms with van der Waals surface area (Å²) in [6.45, 7) is 1.05. The molecule has 0 saturated carbocycles. The Bertz CT molecular complexity index is 843. The Morgan fingerprint density at radius 2 is 1.85 bits per heavy atom. The van der Waals surface area contributed by atoms with E-state index in [9.17, 15) is 14.9 Å². The molecule has 3 atom stereocenters. The van der Waals surface area contributed by atoms with Crippen LogP contribution in [0.4, 0.5) is 0 Å². The van der Waals surface area contributed by atoms with Gasteiger partial charge in [0, 0.05) is 29.5 Å². The molecular formula is C19H18ClN3O3. The lowest BCUT2D eigenvalue weighted by atomic mass is 9.76. The van der Waals surface area contributed by atoms with E-state index in [0.717, 1.165) is 11.1 Å². The Morgan fingerprint density at radius 1 is 1.15 bits per heavy atom. The summed E-state index contributed by atoms with van der Waals surface area (Å²) in [4.78, 5) is 26.0. The molecule has 2 aromatic rings. The van der Waals surface area contributed by atoms with Crippen LogP contribution in [0.2, 0.25) is 5.02 Å². The second-order valence-electron chi connectivity index (χ2n) is 6.74. The summed E-state index contributed by atoms with van der Waals surface area (Å²) in [5, 5.41) is 15.8. The molecule has 2 heterocycles. The van der Waals surface area contributed by atoms with Crippen molar-refractivity contribution in [1.29, 1.82) is 0 Å². The molecule has 2 aliphatic heterocycles. The quantitative estimate of drug-likeness (QED) is 0.665. The predicted octanol–water partition coefficient (Wildman–Crippen LogP) is 2.76. The molecule has 6 nitrogen and oxygen atoms in total. The molecular weight excluding hydrogens is 354 g/mol. The zero-order valence-electron chi connectivity index (χ0n) is 14.0. The number of amides is 1. The maximum absolute atomic E-state index is 13.1. The fraction of sp³-hybridized carbons (Fsp3) is 0.316. The van der Waals surface area contributed by atoms with E-state index in [0.29, 0.717) is 24.5 Å². The van der Waals surface area contributed by atoms with E-state index in [4.69, 9.17) is 11.6 Å². The standard InChI is InChI=1S/C19H18ClN3O3/c20-15-8-6-14(7-9-15)19-12-16(13-4-2-1-3-5-13)17(23(25)26)18(24)22(19)11-10-21-19/h1-9,16-17,21H,10-12H2/t16-,17-,19+/m1/s1. The molecule has 0 bridgehead atoms. The number of carbonyl (C=O) groups excluding carboxylic acids is 1. The number of rotatable bonds is 3. The highest BCUT2D eigenvalue weighted by molar-refractivity contribution is 6.30. The summed E-state index contributed by atoms with van der Waals surface area (Å²) < 4.78 is 0. The number of nitrogens with zero attached hydrogens (tertiary/aromatic N) is 2. The topological polar surface area (TPSA) is 75.5 Å². The van der Waals surface area contributed by atoms with E-state index >= 15 is 0 Å². The van der Waals surface area contributed by atoms with Gasteiger partial charge < -0.3 is 4.90 Å². The third-order valence-electron chi connectivity index (χ3n) is 5.41. The van der Waals surface area contributed by atoms with Crippen LogP contribution in [0.25, 0.3) is 0 Å². The van der Waals surface area contributed by atoms with E-state index in [2.05, 4.69) is 5.32 Å². The maximum atomic E-state index is 13.1. The van der Waals surface area contributed by atoms with Gasteiger partial charge in [-0.3, -0.25) is 20.2 Å². The van der Waals surface area contributed by atoms with Crippen LogP contribution in [-0.4, -0.2) is 34.9 Å². The Hall–Kier alpha value is -2.44. The van der Waals surface area contributed by atoms with Crippen LogP contribution < -0.4 is 5.32 Å². The first-order valence-electron chi connectivity index (χ1n) is 8.54. The molecule has 2 saturated heterocycles. The lowest BCUT2D eigenvalue weighted by molar-refractivity contribution is -0.516. The normalized spacial score (nSPS) is 28.0. The van der Waals surface area contributed by atoms with Crippen LogP contribution in [0.3, 0.4) is 0 Å². The van der Waals surface area contributed by atoms with E-state index in [1.54, 1.807) is 17.0 Å². The first-order valence-corrected chi connectivity index (χ1v) is 8.92.